The maximum atomic E-state index is 11.8. The average molecular weight is 312 g/mol. The van der Waals surface area contributed by atoms with Gasteiger partial charge in [0.15, 0.2) is 0 Å². The molecule has 22 heavy (non-hydrogen) atoms. The topological polar surface area (TPSA) is 70.6 Å². The summed E-state index contributed by atoms with van der Waals surface area (Å²) in [5, 5.41) is 16.1. The number of rotatable bonds is 5. The highest BCUT2D eigenvalue weighted by Crippen LogP contribution is 2.30. The molecule has 1 amide bonds. The third-order valence-corrected chi connectivity index (χ3v) is 4.89. The monoisotopic (exact) mass is 312 g/mol. The summed E-state index contributed by atoms with van der Waals surface area (Å²) in [5.74, 6) is 0.868. The maximum Gasteiger partial charge on any atom is 0.407 e. The van der Waals surface area contributed by atoms with Crippen molar-refractivity contribution in [1.29, 1.82) is 0 Å². The minimum absolute atomic E-state index is 0.283. The zero-order chi connectivity index (χ0) is 16.2. The van der Waals surface area contributed by atoms with Crippen LogP contribution in [0.15, 0.2) is 0 Å². The van der Waals surface area contributed by atoms with E-state index in [0.29, 0.717) is 30.5 Å². The molecule has 5 nitrogen and oxygen atoms in total. The van der Waals surface area contributed by atoms with Crippen molar-refractivity contribution in [3.8, 4) is 0 Å². The second-order valence-corrected chi connectivity index (χ2v) is 7.83. The Morgan fingerprint density at radius 1 is 1.09 bits per heavy atom. The molecule has 0 aromatic heterocycles. The number of ether oxygens (including phenoxy) is 1. The van der Waals surface area contributed by atoms with Crippen LogP contribution in [0.3, 0.4) is 0 Å². The van der Waals surface area contributed by atoms with Gasteiger partial charge in [-0.3, -0.25) is 0 Å². The molecular formula is C17H32N2O3. The van der Waals surface area contributed by atoms with Crippen LogP contribution in [0, 0.1) is 11.8 Å². The molecular weight excluding hydrogens is 280 g/mol. The number of carbonyl (C=O) groups excluding carboxylic acids is 1. The predicted molar refractivity (Wildman–Crippen MR) is 86.7 cm³/mol. The van der Waals surface area contributed by atoms with E-state index in [1.165, 1.54) is 12.8 Å². The number of aliphatic hydroxyl groups excluding tert-OH is 1. The fraction of sp³-hybridized carbons (Fsp3) is 0.941. The first-order valence-corrected chi connectivity index (χ1v) is 8.73. The van der Waals surface area contributed by atoms with Crippen molar-refractivity contribution in [3.05, 3.63) is 0 Å². The maximum absolute atomic E-state index is 11.8. The Kier molecular flexibility index (Phi) is 6.09. The molecule has 0 bridgehead atoms. The first-order valence-electron chi connectivity index (χ1n) is 8.73. The second-order valence-electron chi connectivity index (χ2n) is 7.83. The van der Waals surface area contributed by atoms with Crippen molar-refractivity contribution in [1.82, 2.24) is 10.6 Å². The van der Waals surface area contributed by atoms with Crippen LogP contribution in [0.1, 0.15) is 59.3 Å². The van der Waals surface area contributed by atoms with Crippen LogP contribution < -0.4 is 10.6 Å². The largest absolute Gasteiger partial charge is 0.444 e. The summed E-state index contributed by atoms with van der Waals surface area (Å²) < 4.78 is 5.30. The normalized spacial score (nSPS) is 32.2. The van der Waals surface area contributed by atoms with Crippen LogP contribution in [0.25, 0.3) is 0 Å². The first kappa shape index (κ1) is 17.5. The molecule has 0 aromatic rings. The SMILES string of the molecule is CC(C)(C)OC(=O)NCC1CCCC1NC1CCCC1CO. The Labute approximate surface area is 134 Å². The molecule has 0 heterocycles. The summed E-state index contributed by atoms with van der Waals surface area (Å²) >= 11 is 0. The van der Waals surface area contributed by atoms with E-state index < -0.39 is 5.60 Å². The molecule has 0 spiro atoms. The summed E-state index contributed by atoms with van der Waals surface area (Å²) in [6.07, 6.45) is 6.67. The zero-order valence-corrected chi connectivity index (χ0v) is 14.2. The van der Waals surface area contributed by atoms with Gasteiger partial charge in [0.1, 0.15) is 5.60 Å². The molecule has 2 aliphatic carbocycles. The van der Waals surface area contributed by atoms with E-state index in [1.807, 2.05) is 20.8 Å². The highest BCUT2D eigenvalue weighted by Gasteiger charge is 2.33. The zero-order valence-electron chi connectivity index (χ0n) is 14.2. The molecule has 0 aromatic carbocycles. The Morgan fingerprint density at radius 2 is 1.68 bits per heavy atom. The molecule has 2 saturated carbocycles. The lowest BCUT2D eigenvalue weighted by Gasteiger charge is -2.28. The van der Waals surface area contributed by atoms with E-state index in [4.69, 9.17) is 4.74 Å². The Bertz CT molecular complexity index is 367. The van der Waals surface area contributed by atoms with Crippen LogP contribution in [0.4, 0.5) is 4.79 Å². The van der Waals surface area contributed by atoms with Crippen molar-refractivity contribution in [2.24, 2.45) is 11.8 Å². The number of carbonyl (C=O) groups is 1. The van der Waals surface area contributed by atoms with Crippen molar-refractivity contribution in [2.75, 3.05) is 13.2 Å². The molecule has 3 N–H and O–H groups in total. The number of nitrogens with one attached hydrogen (secondary N) is 2. The van der Waals surface area contributed by atoms with E-state index in [1.54, 1.807) is 0 Å². The lowest BCUT2D eigenvalue weighted by atomic mass is 9.99. The molecule has 2 aliphatic rings. The van der Waals surface area contributed by atoms with E-state index >= 15 is 0 Å². The number of alkyl carbamates (subject to hydrolysis) is 1. The van der Waals surface area contributed by atoms with Gasteiger partial charge < -0.3 is 20.5 Å². The third kappa shape index (κ3) is 5.13. The van der Waals surface area contributed by atoms with E-state index in [0.717, 1.165) is 25.7 Å². The average Bonchev–Trinajstić information content (AvgIpc) is 3.04. The third-order valence-electron chi connectivity index (χ3n) is 4.89. The van der Waals surface area contributed by atoms with Gasteiger partial charge in [-0.05, 0) is 58.3 Å². The molecule has 4 atom stereocenters. The quantitative estimate of drug-likeness (QED) is 0.729. The highest BCUT2D eigenvalue weighted by molar-refractivity contribution is 5.67. The van der Waals surface area contributed by atoms with Crippen molar-refractivity contribution >= 4 is 6.09 Å². The fourth-order valence-corrected chi connectivity index (χ4v) is 3.78. The number of hydrogen-bond donors (Lipinski definition) is 3. The summed E-state index contributed by atoms with van der Waals surface area (Å²) in [6, 6.07) is 0.893. The van der Waals surface area contributed by atoms with Gasteiger partial charge >= 0.3 is 6.09 Å². The molecule has 2 fully saturated rings. The molecule has 0 saturated heterocycles. The van der Waals surface area contributed by atoms with Gasteiger partial charge in [-0.15, -0.1) is 0 Å². The number of amides is 1. The van der Waals surface area contributed by atoms with Crippen molar-refractivity contribution in [3.63, 3.8) is 0 Å². The van der Waals surface area contributed by atoms with Gasteiger partial charge in [0.25, 0.3) is 0 Å². The van der Waals surface area contributed by atoms with Crippen LogP contribution in [0.5, 0.6) is 0 Å². The first-order chi connectivity index (χ1) is 10.4. The summed E-state index contributed by atoms with van der Waals surface area (Å²) in [6.45, 7) is 6.58. The molecule has 0 aliphatic heterocycles. The molecule has 5 heteroatoms. The van der Waals surface area contributed by atoms with Crippen LogP contribution in [-0.2, 0) is 4.74 Å². The van der Waals surface area contributed by atoms with Gasteiger partial charge in [0.05, 0.1) is 0 Å². The Balaban J connectivity index is 1.77. The summed E-state index contributed by atoms with van der Waals surface area (Å²) in [5.41, 5.74) is -0.449. The van der Waals surface area contributed by atoms with E-state index in [9.17, 15) is 9.90 Å². The van der Waals surface area contributed by atoms with Gasteiger partial charge in [-0.1, -0.05) is 12.8 Å². The molecule has 0 radical (unpaired) electrons. The second kappa shape index (κ2) is 7.64. The lowest BCUT2D eigenvalue weighted by molar-refractivity contribution is 0.0516. The van der Waals surface area contributed by atoms with Gasteiger partial charge in [0, 0.05) is 25.2 Å². The Hall–Kier alpha value is -0.810. The fourth-order valence-electron chi connectivity index (χ4n) is 3.78. The van der Waals surface area contributed by atoms with Gasteiger partial charge in [-0.2, -0.15) is 0 Å². The lowest BCUT2D eigenvalue weighted by Crippen LogP contribution is -2.46. The van der Waals surface area contributed by atoms with Gasteiger partial charge in [-0.25, -0.2) is 4.79 Å². The number of aliphatic hydroxyl groups is 1. The van der Waals surface area contributed by atoms with Crippen molar-refractivity contribution in [2.45, 2.75) is 77.0 Å². The standard InChI is InChI=1S/C17H32N2O3/c1-17(2,3)22-16(21)18-10-12-6-4-8-14(12)19-15-9-5-7-13(15)11-20/h12-15,19-20H,4-11H2,1-3H3,(H,18,21). The predicted octanol–water partition coefficient (Wildman–Crippen LogP) is 2.43. The van der Waals surface area contributed by atoms with Crippen molar-refractivity contribution < 1.29 is 14.6 Å². The smallest absolute Gasteiger partial charge is 0.407 e. The number of hydrogen-bond acceptors (Lipinski definition) is 4. The van der Waals surface area contributed by atoms with E-state index in [-0.39, 0.29) is 12.7 Å². The minimum Gasteiger partial charge on any atom is -0.444 e. The van der Waals surface area contributed by atoms with Crippen LogP contribution in [-0.4, -0.2) is 42.0 Å². The van der Waals surface area contributed by atoms with Gasteiger partial charge in [0.2, 0.25) is 0 Å². The molecule has 4 unspecified atom stereocenters. The van der Waals surface area contributed by atoms with Crippen LogP contribution in [0.2, 0.25) is 0 Å². The summed E-state index contributed by atoms with van der Waals surface area (Å²) in [7, 11) is 0. The highest BCUT2D eigenvalue weighted by atomic mass is 16.6. The molecule has 128 valence electrons. The van der Waals surface area contributed by atoms with E-state index in [2.05, 4.69) is 10.6 Å². The molecule has 2 rings (SSSR count). The summed E-state index contributed by atoms with van der Waals surface area (Å²) in [4.78, 5) is 11.8. The Morgan fingerprint density at radius 3 is 2.27 bits per heavy atom. The minimum atomic E-state index is -0.449. The van der Waals surface area contributed by atoms with Crippen LogP contribution >= 0.6 is 0 Å².